The normalized spacial score (nSPS) is 39.5. The molecule has 1 aliphatic heterocycles. The van der Waals surface area contributed by atoms with Crippen molar-refractivity contribution >= 4 is 17.7 Å². The molecule has 0 radical (unpaired) electrons. The third kappa shape index (κ3) is 2.54. The standard InChI is InChI=1S/C22H30N2O2S/c1-22(2)21(26)23(19-15-9-13-8-14(11-15)12-16(19)10-13)24(22)20(25)17-6-4-5-7-18(17)27-3/h4-7,13-16,19,21,26H,8-12H2,1-3H3. The minimum Gasteiger partial charge on any atom is -0.374 e. The third-order valence-electron chi connectivity index (χ3n) is 7.67. The topological polar surface area (TPSA) is 43.8 Å². The number of nitrogens with zero attached hydrogens (tertiary/aromatic N) is 2. The molecule has 4 aliphatic carbocycles. The Balaban J connectivity index is 1.48. The van der Waals surface area contributed by atoms with E-state index in [0.717, 1.165) is 22.3 Å². The van der Waals surface area contributed by atoms with Crippen molar-refractivity contribution in [2.45, 2.75) is 68.7 Å². The van der Waals surface area contributed by atoms with Gasteiger partial charge >= 0.3 is 0 Å². The summed E-state index contributed by atoms with van der Waals surface area (Å²) in [5.74, 6) is 3.08. The van der Waals surface area contributed by atoms with Crippen LogP contribution in [0.5, 0.6) is 0 Å². The molecule has 4 saturated carbocycles. The molecule has 1 heterocycles. The average molecular weight is 387 g/mol. The van der Waals surface area contributed by atoms with Gasteiger partial charge in [0.1, 0.15) is 6.23 Å². The van der Waals surface area contributed by atoms with E-state index in [1.807, 2.05) is 49.4 Å². The van der Waals surface area contributed by atoms with Crippen LogP contribution in [0.3, 0.4) is 0 Å². The molecule has 5 heteroatoms. The van der Waals surface area contributed by atoms with Crippen LogP contribution in [0.1, 0.15) is 56.3 Å². The van der Waals surface area contributed by atoms with Crippen molar-refractivity contribution in [1.82, 2.24) is 10.0 Å². The molecule has 5 fully saturated rings. The Kier molecular flexibility index (Phi) is 4.16. The van der Waals surface area contributed by atoms with Crippen LogP contribution in [-0.4, -0.2) is 45.1 Å². The first-order valence-corrected chi connectivity index (χ1v) is 11.6. The van der Waals surface area contributed by atoms with Gasteiger partial charge in [0.25, 0.3) is 5.91 Å². The van der Waals surface area contributed by atoms with Crippen LogP contribution >= 0.6 is 11.8 Å². The summed E-state index contributed by atoms with van der Waals surface area (Å²) in [5, 5.41) is 15.0. The molecule has 27 heavy (non-hydrogen) atoms. The van der Waals surface area contributed by atoms with E-state index in [2.05, 4.69) is 5.01 Å². The Morgan fingerprint density at radius 1 is 1.07 bits per heavy atom. The molecule has 5 aliphatic rings. The number of aliphatic hydroxyl groups is 1. The third-order valence-corrected chi connectivity index (χ3v) is 8.47. The maximum absolute atomic E-state index is 13.6. The molecule has 1 amide bonds. The van der Waals surface area contributed by atoms with Gasteiger partial charge in [-0.25, -0.2) is 0 Å². The Hall–Kier alpha value is -1.04. The minimum absolute atomic E-state index is 0.0315. The summed E-state index contributed by atoms with van der Waals surface area (Å²) in [6, 6.07) is 8.17. The molecule has 1 atom stereocenters. The van der Waals surface area contributed by atoms with Crippen molar-refractivity contribution in [2.75, 3.05) is 6.26 Å². The summed E-state index contributed by atoms with van der Waals surface area (Å²) < 4.78 is 0. The maximum atomic E-state index is 13.6. The summed E-state index contributed by atoms with van der Waals surface area (Å²) in [6.45, 7) is 3.98. The van der Waals surface area contributed by atoms with Gasteiger partial charge in [-0.1, -0.05) is 12.1 Å². The number of carbonyl (C=O) groups excluding carboxylic acids is 1. The van der Waals surface area contributed by atoms with Crippen LogP contribution in [-0.2, 0) is 0 Å². The van der Waals surface area contributed by atoms with E-state index in [1.54, 1.807) is 11.8 Å². The largest absolute Gasteiger partial charge is 0.374 e. The number of amides is 1. The fraction of sp³-hybridized carbons (Fsp3) is 0.682. The van der Waals surface area contributed by atoms with Crippen molar-refractivity contribution in [2.24, 2.45) is 23.7 Å². The molecule has 1 aromatic carbocycles. The van der Waals surface area contributed by atoms with Crippen molar-refractivity contribution in [3.63, 3.8) is 0 Å². The Labute approximate surface area is 166 Å². The minimum atomic E-state index is -0.578. The van der Waals surface area contributed by atoms with Crippen molar-refractivity contribution < 1.29 is 9.90 Å². The molecule has 146 valence electrons. The highest BCUT2D eigenvalue weighted by Crippen LogP contribution is 2.57. The molecule has 1 aromatic rings. The zero-order chi connectivity index (χ0) is 18.9. The number of rotatable bonds is 3. The molecule has 4 nitrogen and oxygen atoms in total. The fourth-order valence-electron chi connectivity index (χ4n) is 6.71. The first-order chi connectivity index (χ1) is 12.9. The van der Waals surface area contributed by atoms with Gasteiger partial charge in [0.15, 0.2) is 0 Å². The molecular weight excluding hydrogens is 356 g/mol. The molecular formula is C22H30N2O2S. The van der Waals surface area contributed by atoms with Gasteiger partial charge < -0.3 is 5.11 Å². The highest BCUT2D eigenvalue weighted by atomic mass is 32.2. The number of hydrogen-bond donors (Lipinski definition) is 1. The van der Waals surface area contributed by atoms with E-state index >= 15 is 0 Å². The second-order valence-electron chi connectivity index (χ2n) is 9.65. The van der Waals surface area contributed by atoms with Crippen molar-refractivity contribution in [1.29, 1.82) is 0 Å². The van der Waals surface area contributed by atoms with Gasteiger partial charge in [-0.15, -0.1) is 11.8 Å². The zero-order valence-corrected chi connectivity index (χ0v) is 17.3. The lowest BCUT2D eigenvalue weighted by Gasteiger charge is -2.68. The number of hydrogen-bond acceptors (Lipinski definition) is 4. The van der Waals surface area contributed by atoms with E-state index < -0.39 is 11.8 Å². The van der Waals surface area contributed by atoms with E-state index in [4.69, 9.17) is 0 Å². The number of thioether (sulfide) groups is 1. The van der Waals surface area contributed by atoms with Crippen LogP contribution < -0.4 is 0 Å². The SMILES string of the molecule is CSc1ccccc1C(=O)N1N(C2C3CC4CC(C3)CC2C4)C(O)C1(C)C. The predicted molar refractivity (Wildman–Crippen MR) is 107 cm³/mol. The Morgan fingerprint density at radius 3 is 2.26 bits per heavy atom. The lowest BCUT2D eigenvalue weighted by atomic mass is 9.53. The molecule has 1 N–H and O–H groups in total. The van der Waals surface area contributed by atoms with E-state index in [9.17, 15) is 9.90 Å². The summed E-state index contributed by atoms with van der Waals surface area (Å²) >= 11 is 1.61. The smallest absolute Gasteiger partial charge is 0.270 e. The van der Waals surface area contributed by atoms with Gasteiger partial charge in [-0.05, 0) is 88.0 Å². The number of hydrazine groups is 1. The molecule has 1 unspecified atom stereocenters. The Morgan fingerprint density at radius 2 is 1.67 bits per heavy atom. The molecule has 0 spiro atoms. The lowest BCUT2D eigenvalue weighted by molar-refractivity contribution is -0.335. The van der Waals surface area contributed by atoms with Crippen LogP contribution in [0.2, 0.25) is 0 Å². The van der Waals surface area contributed by atoms with Crippen LogP contribution in [0.25, 0.3) is 0 Å². The Bertz CT molecular complexity index is 736. The average Bonchev–Trinajstić information content (AvgIpc) is 2.65. The second-order valence-corrected chi connectivity index (χ2v) is 10.5. The quantitative estimate of drug-likeness (QED) is 0.798. The molecule has 6 rings (SSSR count). The van der Waals surface area contributed by atoms with E-state index in [1.165, 1.54) is 32.1 Å². The van der Waals surface area contributed by atoms with Gasteiger partial charge in [-0.2, -0.15) is 5.01 Å². The highest BCUT2D eigenvalue weighted by molar-refractivity contribution is 7.98. The molecule has 0 aromatic heterocycles. The highest BCUT2D eigenvalue weighted by Gasteiger charge is 2.62. The summed E-state index contributed by atoms with van der Waals surface area (Å²) in [4.78, 5) is 14.6. The summed E-state index contributed by atoms with van der Waals surface area (Å²) in [6.07, 6.45) is 7.98. The predicted octanol–water partition coefficient (Wildman–Crippen LogP) is 4.00. The van der Waals surface area contributed by atoms with Gasteiger partial charge in [-0.3, -0.25) is 9.80 Å². The lowest BCUT2D eigenvalue weighted by Crippen LogP contribution is -2.82. The molecule has 4 bridgehead atoms. The van der Waals surface area contributed by atoms with Gasteiger partial charge in [0, 0.05) is 10.9 Å². The monoisotopic (exact) mass is 386 g/mol. The summed E-state index contributed by atoms with van der Waals surface area (Å²) in [5.41, 5.74) is 0.191. The van der Waals surface area contributed by atoms with Gasteiger partial charge in [0.2, 0.25) is 0 Å². The number of carbonyl (C=O) groups is 1. The van der Waals surface area contributed by atoms with Crippen LogP contribution in [0, 0.1) is 23.7 Å². The molecule has 1 saturated heterocycles. The van der Waals surface area contributed by atoms with Gasteiger partial charge in [0.05, 0.1) is 11.1 Å². The second kappa shape index (κ2) is 6.23. The van der Waals surface area contributed by atoms with Crippen LogP contribution in [0.4, 0.5) is 0 Å². The van der Waals surface area contributed by atoms with E-state index in [0.29, 0.717) is 17.9 Å². The van der Waals surface area contributed by atoms with Crippen LogP contribution in [0.15, 0.2) is 29.2 Å². The number of aliphatic hydroxyl groups excluding tert-OH is 1. The first-order valence-electron chi connectivity index (χ1n) is 10.4. The first kappa shape index (κ1) is 18.0. The van der Waals surface area contributed by atoms with Crippen molar-refractivity contribution in [3.8, 4) is 0 Å². The number of benzene rings is 1. The van der Waals surface area contributed by atoms with E-state index in [-0.39, 0.29) is 5.91 Å². The summed E-state index contributed by atoms with van der Waals surface area (Å²) in [7, 11) is 0. The zero-order valence-electron chi connectivity index (χ0n) is 16.5. The van der Waals surface area contributed by atoms with Crippen molar-refractivity contribution in [3.05, 3.63) is 29.8 Å². The maximum Gasteiger partial charge on any atom is 0.270 e. The fourth-order valence-corrected chi connectivity index (χ4v) is 7.30.